The normalized spacial score (nSPS) is 27.8. The number of thiophene rings is 1. The van der Waals surface area contributed by atoms with E-state index in [1.165, 1.54) is 11.3 Å². The van der Waals surface area contributed by atoms with Crippen molar-refractivity contribution in [2.75, 3.05) is 13.1 Å². The minimum absolute atomic E-state index is 0.0664. The fourth-order valence-electron chi connectivity index (χ4n) is 4.23. The summed E-state index contributed by atoms with van der Waals surface area (Å²) in [5.41, 5.74) is 0.286. The van der Waals surface area contributed by atoms with Gasteiger partial charge >= 0.3 is 0 Å². The third-order valence-corrected chi connectivity index (χ3v) is 6.83. The molecule has 1 aromatic heterocycles. The summed E-state index contributed by atoms with van der Waals surface area (Å²) in [6, 6.07) is 8.81. The second kappa shape index (κ2) is 6.69. The molecule has 3 atom stereocenters. The van der Waals surface area contributed by atoms with Crippen LogP contribution in [-0.2, 0) is 0 Å². The molecule has 1 aliphatic heterocycles. The molecule has 0 bridgehead atoms. The summed E-state index contributed by atoms with van der Waals surface area (Å²) in [4.78, 5) is 3.28. The summed E-state index contributed by atoms with van der Waals surface area (Å²) >= 11 is 1.54. The van der Waals surface area contributed by atoms with Crippen LogP contribution in [0.2, 0.25) is 0 Å². The van der Waals surface area contributed by atoms with Gasteiger partial charge in [0, 0.05) is 35.8 Å². The van der Waals surface area contributed by atoms with Gasteiger partial charge in [-0.25, -0.2) is 0 Å². The van der Waals surface area contributed by atoms with Crippen LogP contribution in [0, 0.1) is 63.6 Å². The Hall–Kier alpha value is -2.46. The predicted octanol–water partition coefficient (Wildman–Crippen LogP) is 3.61. The van der Waals surface area contributed by atoms with E-state index >= 15 is 0 Å². The topological polar surface area (TPSA) is 98.5 Å². The largest absolute Gasteiger partial charge is 0.305 e. The van der Waals surface area contributed by atoms with Gasteiger partial charge in [0.15, 0.2) is 5.41 Å². The fourth-order valence-corrected chi connectivity index (χ4v) is 5.39. The van der Waals surface area contributed by atoms with Crippen molar-refractivity contribution in [1.82, 2.24) is 4.90 Å². The molecule has 2 heterocycles. The van der Waals surface area contributed by atoms with Crippen molar-refractivity contribution in [3.8, 4) is 18.2 Å². The Morgan fingerprint density at radius 3 is 2.50 bits per heavy atom. The zero-order chi connectivity index (χ0) is 19.1. The highest BCUT2D eigenvalue weighted by molar-refractivity contribution is 7.10. The van der Waals surface area contributed by atoms with Crippen molar-refractivity contribution in [2.24, 2.45) is 17.3 Å². The maximum Gasteiger partial charge on any atom is 0.190 e. The van der Waals surface area contributed by atoms with Crippen LogP contribution in [-0.4, -0.2) is 29.7 Å². The molecule has 0 amide bonds. The van der Waals surface area contributed by atoms with E-state index in [1.807, 2.05) is 24.4 Å². The van der Waals surface area contributed by atoms with E-state index in [2.05, 4.69) is 37.0 Å². The zero-order valence-corrected chi connectivity index (χ0v) is 16.0. The number of nitrogens with one attached hydrogen (secondary N) is 1. The lowest BCUT2D eigenvalue weighted by molar-refractivity contribution is 0.172. The van der Waals surface area contributed by atoms with Crippen LogP contribution >= 0.6 is 11.3 Å². The summed E-state index contributed by atoms with van der Waals surface area (Å²) < 4.78 is 0. The van der Waals surface area contributed by atoms with Crippen LogP contribution in [0.4, 0.5) is 0 Å². The summed E-state index contributed by atoms with van der Waals surface area (Å²) in [5.74, 6) is -1.31. The Labute approximate surface area is 158 Å². The van der Waals surface area contributed by atoms with E-state index in [1.54, 1.807) is 0 Å². The number of nitriles is 3. The van der Waals surface area contributed by atoms with Gasteiger partial charge in [-0.1, -0.05) is 6.08 Å². The molecule has 1 fully saturated rings. The van der Waals surface area contributed by atoms with Gasteiger partial charge in [0.25, 0.3) is 0 Å². The predicted molar refractivity (Wildman–Crippen MR) is 101 cm³/mol. The lowest BCUT2D eigenvalue weighted by Gasteiger charge is -2.48. The van der Waals surface area contributed by atoms with Crippen LogP contribution in [0.15, 0.2) is 23.1 Å². The van der Waals surface area contributed by atoms with Crippen molar-refractivity contribution < 1.29 is 0 Å². The number of aryl methyl sites for hydroxylation is 1. The Kier molecular flexibility index (Phi) is 4.72. The maximum absolute atomic E-state index is 10.00. The first-order valence-corrected chi connectivity index (χ1v) is 9.58. The molecule has 0 aromatic carbocycles. The third-order valence-electron chi connectivity index (χ3n) is 5.73. The fraction of sp³-hybridized carbons (Fsp3) is 0.500. The molecule has 5 nitrogen and oxygen atoms in total. The number of hydrogen-bond donors (Lipinski definition) is 1. The van der Waals surface area contributed by atoms with Crippen molar-refractivity contribution in [3.63, 3.8) is 0 Å². The van der Waals surface area contributed by atoms with Crippen molar-refractivity contribution >= 4 is 17.0 Å². The number of nitrogens with zero attached hydrogens (tertiary/aromatic N) is 4. The van der Waals surface area contributed by atoms with E-state index < -0.39 is 17.3 Å². The lowest BCUT2D eigenvalue weighted by Crippen LogP contribution is -2.53. The Balaban J connectivity index is 2.25. The first-order valence-electron chi connectivity index (χ1n) is 8.70. The summed E-state index contributed by atoms with van der Waals surface area (Å²) in [5, 5.41) is 40.3. The monoisotopic (exact) mass is 363 g/mol. The molecular weight excluding hydrogens is 342 g/mol. The maximum atomic E-state index is 10.00. The van der Waals surface area contributed by atoms with E-state index in [0.717, 1.165) is 22.6 Å². The zero-order valence-electron chi connectivity index (χ0n) is 15.2. The van der Waals surface area contributed by atoms with Gasteiger partial charge in [-0.05, 0) is 43.4 Å². The van der Waals surface area contributed by atoms with Gasteiger partial charge in [-0.3, -0.25) is 4.90 Å². The molecule has 26 heavy (non-hydrogen) atoms. The minimum atomic E-state index is -1.60. The van der Waals surface area contributed by atoms with E-state index in [9.17, 15) is 15.8 Å². The standard InChI is InChI=1S/C20H21N5S/c1-12(2)25-6-4-14-15(8-21)19(24)20(10-22,11-23)17(16(14)9-25)18-13(3)5-7-26-18/h4-5,7,12,15-17,24H,6,9H2,1-3H3/t15-,16-,17-/m1/s1. The quantitative estimate of drug-likeness (QED) is 0.811. The highest BCUT2D eigenvalue weighted by Gasteiger charge is 2.58. The van der Waals surface area contributed by atoms with Gasteiger partial charge < -0.3 is 5.41 Å². The van der Waals surface area contributed by atoms with Crippen molar-refractivity contribution in [1.29, 1.82) is 21.2 Å². The molecule has 2 aliphatic rings. The molecule has 0 unspecified atom stereocenters. The average molecular weight is 363 g/mol. The van der Waals surface area contributed by atoms with Crippen molar-refractivity contribution in [2.45, 2.75) is 32.7 Å². The Morgan fingerprint density at radius 1 is 1.31 bits per heavy atom. The number of hydrogen-bond acceptors (Lipinski definition) is 6. The first kappa shape index (κ1) is 18.3. The summed E-state index contributed by atoms with van der Waals surface area (Å²) in [6.07, 6.45) is 2.05. The molecule has 6 heteroatoms. The van der Waals surface area contributed by atoms with Crippen LogP contribution in [0.25, 0.3) is 0 Å². The highest BCUT2D eigenvalue weighted by atomic mass is 32.1. The van der Waals surface area contributed by atoms with Gasteiger partial charge in [0.05, 0.1) is 23.9 Å². The van der Waals surface area contributed by atoms with Crippen LogP contribution in [0.5, 0.6) is 0 Å². The molecule has 1 aromatic rings. The molecular formula is C20H21N5S. The van der Waals surface area contributed by atoms with Gasteiger partial charge in [0.2, 0.25) is 0 Å². The lowest BCUT2D eigenvalue weighted by atomic mass is 9.55. The molecule has 1 aliphatic carbocycles. The molecule has 3 rings (SSSR count). The van der Waals surface area contributed by atoms with Crippen LogP contribution < -0.4 is 0 Å². The third kappa shape index (κ3) is 2.48. The molecule has 132 valence electrons. The van der Waals surface area contributed by atoms with Crippen molar-refractivity contribution in [3.05, 3.63) is 33.5 Å². The van der Waals surface area contributed by atoms with Crippen LogP contribution in [0.1, 0.15) is 30.2 Å². The van der Waals surface area contributed by atoms with Gasteiger partial charge in [0.1, 0.15) is 5.92 Å². The second-order valence-electron chi connectivity index (χ2n) is 7.31. The minimum Gasteiger partial charge on any atom is -0.305 e. The molecule has 0 saturated heterocycles. The van der Waals surface area contributed by atoms with Gasteiger partial charge in [-0.15, -0.1) is 11.3 Å². The SMILES string of the molecule is Cc1ccsc1[C@H]1[C@@H]2CN(C(C)C)CC=C2[C@@H](C#N)C(=N)C1(C#N)C#N. The Morgan fingerprint density at radius 2 is 2.00 bits per heavy atom. The molecule has 0 spiro atoms. The van der Waals surface area contributed by atoms with Gasteiger partial charge in [-0.2, -0.15) is 15.8 Å². The molecule has 1 N–H and O–H groups in total. The molecule has 1 saturated carbocycles. The summed E-state index contributed by atoms with van der Waals surface area (Å²) in [7, 11) is 0. The number of fused-ring (bicyclic) bond motifs is 1. The summed E-state index contributed by atoms with van der Waals surface area (Å²) in [6.45, 7) is 7.66. The second-order valence-corrected chi connectivity index (χ2v) is 8.26. The van der Waals surface area contributed by atoms with E-state index in [4.69, 9.17) is 5.41 Å². The highest BCUT2D eigenvalue weighted by Crippen LogP contribution is 2.55. The van der Waals surface area contributed by atoms with Crippen LogP contribution in [0.3, 0.4) is 0 Å². The Bertz CT molecular complexity index is 875. The molecule has 0 radical (unpaired) electrons. The number of rotatable bonds is 2. The van der Waals surface area contributed by atoms with E-state index in [0.29, 0.717) is 12.6 Å². The smallest absolute Gasteiger partial charge is 0.190 e. The average Bonchev–Trinajstić information content (AvgIpc) is 3.05. The first-order chi connectivity index (χ1) is 12.4. The van der Waals surface area contributed by atoms with E-state index in [-0.39, 0.29) is 11.6 Å².